The summed E-state index contributed by atoms with van der Waals surface area (Å²) in [4.78, 5) is 10.6. The molecule has 6 heteroatoms. The van der Waals surface area contributed by atoms with Crippen LogP contribution >= 0.6 is 11.6 Å². The number of carboxylic acid groups (broad SMARTS) is 1. The van der Waals surface area contributed by atoms with Gasteiger partial charge in [0.1, 0.15) is 0 Å². The summed E-state index contributed by atoms with van der Waals surface area (Å²) in [5.41, 5.74) is 6.49. The fourth-order valence-electron chi connectivity index (χ4n) is 1.21. The smallest absolute Gasteiger partial charge is 0.358 e. The van der Waals surface area contributed by atoms with Crippen LogP contribution in [0.1, 0.15) is 10.5 Å². The number of carbonyl (C=O) groups is 1. The van der Waals surface area contributed by atoms with Gasteiger partial charge in [-0.1, -0.05) is 16.8 Å². The van der Waals surface area contributed by atoms with Crippen LogP contribution in [0, 0.1) is 0 Å². The van der Waals surface area contributed by atoms with E-state index in [0.29, 0.717) is 22.0 Å². The molecule has 0 saturated carbocycles. The van der Waals surface area contributed by atoms with E-state index >= 15 is 0 Å². The van der Waals surface area contributed by atoms with E-state index in [1.54, 1.807) is 18.2 Å². The topological polar surface area (TPSA) is 89.4 Å². The summed E-state index contributed by atoms with van der Waals surface area (Å²) in [5, 5.41) is 12.5. The number of benzene rings is 1. The number of rotatable bonds is 2. The Balaban J connectivity index is 2.42. The number of nitrogens with two attached hydrogens (primary N) is 1. The molecule has 0 aliphatic heterocycles. The van der Waals surface area contributed by atoms with Crippen LogP contribution < -0.4 is 5.73 Å². The molecular formula is C10H7ClN2O3. The Morgan fingerprint density at radius 2 is 2.19 bits per heavy atom. The number of nitrogens with zero attached hydrogens (tertiary/aromatic N) is 1. The minimum absolute atomic E-state index is 0.150. The average Bonchev–Trinajstić information content (AvgIpc) is 2.71. The normalized spacial score (nSPS) is 10.3. The minimum Gasteiger partial charge on any atom is -0.476 e. The second-order valence-electron chi connectivity index (χ2n) is 3.12. The molecule has 1 heterocycles. The summed E-state index contributed by atoms with van der Waals surface area (Å²) < 4.78 is 4.88. The van der Waals surface area contributed by atoms with Gasteiger partial charge in [-0.05, 0) is 18.2 Å². The van der Waals surface area contributed by atoms with Gasteiger partial charge in [-0.3, -0.25) is 0 Å². The Morgan fingerprint density at radius 3 is 2.75 bits per heavy atom. The van der Waals surface area contributed by atoms with Crippen molar-refractivity contribution in [3.63, 3.8) is 0 Å². The van der Waals surface area contributed by atoms with Crippen molar-refractivity contribution >= 4 is 23.3 Å². The molecule has 0 aliphatic carbocycles. The van der Waals surface area contributed by atoms with Gasteiger partial charge in [-0.25, -0.2) is 4.79 Å². The largest absolute Gasteiger partial charge is 0.476 e. The number of anilines is 1. The van der Waals surface area contributed by atoms with E-state index in [9.17, 15) is 4.79 Å². The van der Waals surface area contributed by atoms with Crippen molar-refractivity contribution in [2.45, 2.75) is 0 Å². The van der Waals surface area contributed by atoms with Crippen molar-refractivity contribution in [1.29, 1.82) is 0 Å². The van der Waals surface area contributed by atoms with Crippen LogP contribution in [0.5, 0.6) is 0 Å². The summed E-state index contributed by atoms with van der Waals surface area (Å²) in [7, 11) is 0. The van der Waals surface area contributed by atoms with Gasteiger partial charge in [0.25, 0.3) is 0 Å². The van der Waals surface area contributed by atoms with Crippen molar-refractivity contribution in [3.05, 3.63) is 35.0 Å². The summed E-state index contributed by atoms with van der Waals surface area (Å²) in [6.45, 7) is 0. The van der Waals surface area contributed by atoms with Crippen molar-refractivity contribution < 1.29 is 14.4 Å². The lowest BCUT2D eigenvalue weighted by Gasteiger charge is -1.99. The van der Waals surface area contributed by atoms with Crippen LogP contribution in [0.2, 0.25) is 5.02 Å². The Labute approximate surface area is 95.4 Å². The SMILES string of the molecule is Nc1cc(-c2cc(C(=O)O)no2)ccc1Cl. The second kappa shape index (κ2) is 3.86. The summed E-state index contributed by atoms with van der Waals surface area (Å²) >= 11 is 5.76. The summed E-state index contributed by atoms with van der Waals surface area (Å²) in [6, 6.07) is 6.19. The van der Waals surface area contributed by atoms with Gasteiger partial charge in [0.05, 0.1) is 10.7 Å². The number of nitrogen functional groups attached to an aromatic ring is 1. The van der Waals surface area contributed by atoms with E-state index in [0.717, 1.165) is 0 Å². The number of hydrogen-bond donors (Lipinski definition) is 2. The molecule has 0 aliphatic rings. The molecule has 5 nitrogen and oxygen atoms in total. The monoisotopic (exact) mass is 238 g/mol. The quantitative estimate of drug-likeness (QED) is 0.784. The van der Waals surface area contributed by atoms with Crippen LogP contribution in [0.25, 0.3) is 11.3 Å². The lowest BCUT2D eigenvalue weighted by Crippen LogP contribution is -1.94. The highest BCUT2D eigenvalue weighted by Gasteiger charge is 2.12. The number of aromatic nitrogens is 1. The fourth-order valence-corrected chi connectivity index (χ4v) is 1.33. The molecule has 3 N–H and O–H groups in total. The molecule has 0 unspecified atom stereocenters. The first kappa shape index (κ1) is 10.5. The van der Waals surface area contributed by atoms with E-state index in [2.05, 4.69) is 5.16 Å². The molecule has 82 valence electrons. The molecule has 0 saturated heterocycles. The Bertz CT molecular complexity index is 551. The van der Waals surface area contributed by atoms with Crippen LogP contribution in [0.4, 0.5) is 5.69 Å². The van der Waals surface area contributed by atoms with E-state index in [1.807, 2.05) is 0 Å². The zero-order chi connectivity index (χ0) is 11.7. The predicted molar refractivity (Wildman–Crippen MR) is 58.3 cm³/mol. The molecule has 2 aromatic rings. The van der Waals surface area contributed by atoms with Crippen molar-refractivity contribution in [3.8, 4) is 11.3 Å². The summed E-state index contributed by atoms with van der Waals surface area (Å²) in [5.74, 6) is -0.808. The van der Waals surface area contributed by atoms with E-state index in [1.165, 1.54) is 6.07 Å². The molecule has 1 aromatic heterocycles. The number of carboxylic acids is 1. The lowest BCUT2D eigenvalue weighted by atomic mass is 10.1. The van der Waals surface area contributed by atoms with Gasteiger partial charge < -0.3 is 15.4 Å². The van der Waals surface area contributed by atoms with Gasteiger partial charge in [-0.2, -0.15) is 0 Å². The van der Waals surface area contributed by atoms with Crippen molar-refractivity contribution in [2.24, 2.45) is 0 Å². The molecule has 16 heavy (non-hydrogen) atoms. The zero-order valence-corrected chi connectivity index (χ0v) is 8.73. The molecular weight excluding hydrogens is 232 g/mol. The maximum absolute atomic E-state index is 10.6. The third-order valence-corrected chi connectivity index (χ3v) is 2.35. The highest BCUT2D eigenvalue weighted by molar-refractivity contribution is 6.33. The van der Waals surface area contributed by atoms with E-state index in [-0.39, 0.29) is 5.69 Å². The molecule has 0 spiro atoms. The number of aromatic carboxylic acids is 1. The molecule has 0 atom stereocenters. The zero-order valence-electron chi connectivity index (χ0n) is 7.98. The first-order valence-corrected chi connectivity index (χ1v) is 4.71. The standard InChI is InChI=1S/C10H7ClN2O3/c11-6-2-1-5(3-7(6)12)9-4-8(10(14)15)13-16-9/h1-4H,12H2,(H,14,15). The first-order valence-electron chi connectivity index (χ1n) is 4.33. The molecule has 0 bridgehead atoms. The van der Waals surface area contributed by atoms with Crippen LogP contribution in [-0.2, 0) is 0 Å². The lowest BCUT2D eigenvalue weighted by molar-refractivity contribution is 0.0686. The maximum atomic E-state index is 10.6. The molecule has 1 aromatic carbocycles. The van der Waals surface area contributed by atoms with Gasteiger partial charge >= 0.3 is 5.97 Å². The Morgan fingerprint density at radius 1 is 1.44 bits per heavy atom. The highest BCUT2D eigenvalue weighted by Crippen LogP contribution is 2.27. The van der Waals surface area contributed by atoms with Gasteiger partial charge in [0, 0.05) is 11.6 Å². The average molecular weight is 239 g/mol. The minimum atomic E-state index is -1.14. The van der Waals surface area contributed by atoms with Gasteiger partial charge in [-0.15, -0.1) is 0 Å². The van der Waals surface area contributed by atoms with Crippen LogP contribution in [0.15, 0.2) is 28.8 Å². The Kier molecular flexibility index (Phi) is 2.54. The highest BCUT2D eigenvalue weighted by atomic mass is 35.5. The van der Waals surface area contributed by atoms with Crippen molar-refractivity contribution in [1.82, 2.24) is 5.16 Å². The first-order chi connectivity index (χ1) is 7.58. The third kappa shape index (κ3) is 1.85. The van der Waals surface area contributed by atoms with Crippen molar-refractivity contribution in [2.75, 3.05) is 5.73 Å². The molecule has 0 amide bonds. The van der Waals surface area contributed by atoms with Crippen LogP contribution in [0.3, 0.4) is 0 Å². The molecule has 0 radical (unpaired) electrons. The van der Waals surface area contributed by atoms with Gasteiger partial charge in [0.15, 0.2) is 11.5 Å². The second-order valence-corrected chi connectivity index (χ2v) is 3.53. The number of halogens is 1. The third-order valence-electron chi connectivity index (χ3n) is 2.01. The van der Waals surface area contributed by atoms with E-state index in [4.69, 9.17) is 27.0 Å². The molecule has 0 fully saturated rings. The van der Waals surface area contributed by atoms with Gasteiger partial charge in [0.2, 0.25) is 0 Å². The fraction of sp³-hybridized carbons (Fsp3) is 0. The summed E-state index contributed by atoms with van der Waals surface area (Å²) in [6.07, 6.45) is 0. The van der Waals surface area contributed by atoms with Crippen LogP contribution in [-0.4, -0.2) is 16.2 Å². The predicted octanol–water partition coefficient (Wildman–Crippen LogP) is 2.28. The van der Waals surface area contributed by atoms with E-state index < -0.39 is 5.97 Å². The Hall–Kier alpha value is -2.01. The maximum Gasteiger partial charge on any atom is 0.358 e. The number of hydrogen-bond acceptors (Lipinski definition) is 4. The molecule has 2 rings (SSSR count).